The summed E-state index contributed by atoms with van der Waals surface area (Å²) in [5.74, 6) is -0.567. The van der Waals surface area contributed by atoms with Crippen LogP contribution in [0.3, 0.4) is 0 Å². The second-order valence-electron chi connectivity index (χ2n) is 5.37. The first-order chi connectivity index (χ1) is 13.4. The number of thioether (sulfide) groups is 1. The molecule has 0 saturated carbocycles. The molecule has 0 atom stereocenters. The molecule has 0 aliphatic heterocycles. The molecule has 0 spiro atoms. The van der Waals surface area contributed by atoms with Crippen molar-refractivity contribution >= 4 is 46.9 Å². The van der Waals surface area contributed by atoms with Gasteiger partial charge in [0.1, 0.15) is 11.0 Å². The number of nitrogens with zero attached hydrogens (tertiary/aromatic N) is 3. The zero-order valence-electron chi connectivity index (χ0n) is 13.9. The van der Waals surface area contributed by atoms with E-state index in [1.165, 1.54) is 18.2 Å². The average molecular weight is 433 g/mol. The number of hydrogen-bond acceptors (Lipinski definition) is 6. The molecule has 2 aromatic carbocycles. The number of aliphatic imine (C=N–C) groups is 1. The van der Waals surface area contributed by atoms with E-state index < -0.39 is 17.1 Å². The summed E-state index contributed by atoms with van der Waals surface area (Å²) in [6.07, 6.45) is 1.13. The molecule has 0 unspecified atom stereocenters. The van der Waals surface area contributed by atoms with Gasteiger partial charge >= 0.3 is 5.69 Å². The standard InChI is InChI=1S/C18H10Cl2N4O3S/c19-10-1-4-12(5-2-10)24-17(26)13(16(25)23-18(24)27)8-22-11-3-6-15(28-9-21)14(20)7-11/h1-8,26H,(H,23,25,27). The summed E-state index contributed by atoms with van der Waals surface area (Å²) in [7, 11) is 0. The van der Waals surface area contributed by atoms with Crippen LogP contribution in [0.15, 0.2) is 61.9 Å². The molecule has 7 nitrogen and oxygen atoms in total. The summed E-state index contributed by atoms with van der Waals surface area (Å²) in [6, 6.07) is 10.9. The monoisotopic (exact) mass is 432 g/mol. The van der Waals surface area contributed by atoms with E-state index in [0.29, 0.717) is 26.3 Å². The Morgan fingerprint density at radius 1 is 1.18 bits per heavy atom. The van der Waals surface area contributed by atoms with Crippen LogP contribution in [0.1, 0.15) is 5.56 Å². The summed E-state index contributed by atoms with van der Waals surface area (Å²) >= 11 is 12.8. The molecule has 0 saturated heterocycles. The molecule has 0 amide bonds. The van der Waals surface area contributed by atoms with E-state index in [2.05, 4.69) is 9.98 Å². The molecule has 1 heterocycles. The summed E-state index contributed by atoms with van der Waals surface area (Å²) in [4.78, 5) is 31.1. The number of H-pyrrole nitrogens is 1. The van der Waals surface area contributed by atoms with Gasteiger partial charge in [-0.15, -0.1) is 0 Å². The molecule has 10 heteroatoms. The molecular formula is C18H10Cl2N4O3S. The van der Waals surface area contributed by atoms with Gasteiger partial charge in [0, 0.05) is 16.1 Å². The first-order valence-corrected chi connectivity index (χ1v) is 9.21. The Morgan fingerprint density at radius 2 is 1.89 bits per heavy atom. The molecule has 2 N–H and O–H groups in total. The lowest BCUT2D eigenvalue weighted by molar-refractivity contribution is 0.430. The van der Waals surface area contributed by atoms with Crippen LogP contribution in [0.4, 0.5) is 5.69 Å². The second kappa shape index (κ2) is 8.35. The molecule has 0 radical (unpaired) electrons. The molecule has 3 rings (SSSR count). The van der Waals surface area contributed by atoms with Crippen molar-refractivity contribution in [3.63, 3.8) is 0 Å². The van der Waals surface area contributed by atoms with Crippen molar-refractivity contribution in [2.45, 2.75) is 4.90 Å². The van der Waals surface area contributed by atoms with E-state index in [1.807, 2.05) is 5.40 Å². The number of hydrogen-bond donors (Lipinski definition) is 2. The van der Waals surface area contributed by atoms with Crippen LogP contribution in [0.2, 0.25) is 10.0 Å². The molecule has 28 heavy (non-hydrogen) atoms. The number of benzene rings is 2. The van der Waals surface area contributed by atoms with E-state index in [4.69, 9.17) is 28.5 Å². The molecule has 0 bridgehead atoms. The van der Waals surface area contributed by atoms with Gasteiger partial charge in [-0.3, -0.25) is 14.8 Å². The van der Waals surface area contributed by atoms with Crippen LogP contribution in [-0.4, -0.2) is 20.9 Å². The minimum absolute atomic E-state index is 0.207. The minimum atomic E-state index is -0.803. The molecule has 140 valence electrons. The van der Waals surface area contributed by atoms with Crippen LogP contribution in [0.5, 0.6) is 5.88 Å². The predicted molar refractivity (Wildman–Crippen MR) is 110 cm³/mol. The highest BCUT2D eigenvalue weighted by molar-refractivity contribution is 8.03. The van der Waals surface area contributed by atoms with Crippen LogP contribution in [0.25, 0.3) is 5.69 Å². The Hall–Kier alpha value is -2.99. The van der Waals surface area contributed by atoms with E-state index in [-0.39, 0.29) is 5.56 Å². The zero-order valence-corrected chi connectivity index (χ0v) is 16.2. The molecule has 0 aliphatic carbocycles. The molecule has 0 fully saturated rings. The first-order valence-electron chi connectivity index (χ1n) is 7.64. The van der Waals surface area contributed by atoms with Crippen LogP contribution < -0.4 is 11.2 Å². The molecule has 3 aromatic rings. The first kappa shape index (κ1) is 19.8. The summed E-state index contributed by atoms with van der Waals surface area (Å²) in [5.41, 5.74) is -1.09. The van der Waals surface area contributed by atoms with Crippen molar-refractivity contribution in [1.82, 2.24) is 9.55 Å². The van der Waals surface area contributed by atoms with E-state index in [9.17, 15) is 14.7 Å². The predicted octanol–water partition coefficient (Wildman–Crippen LogP) is 3.86. The number of aromatic amines is 1. The lowest BCUT2D eigenvalue weighted by Crippen LogP contribution is -2.31. The number of aromatic nitrogens is 2. The highest BCUT2D eigenvalue weighted by atomic mass is 35.5. The third-order valence-corrected chi connectivity index (χ3v) is 4.96. The van der Waals surface area contributed by atoms with Crippen LogP contribution in [0, 0.1) is 10.7 Å². The van der Waals surface area contributed by atoms with Crippen molar-refractivity contribution in [1.29, 1.82) is 5.26 Å². The van der Waals surface area contributed by atoms with Crippen molar-refractivity contribution in [2.24, 2.45) is 4.99 Å². The topological polar surface area (TPSA) is 111 Å². The Balaban J connectivity index is 2.04. The van der Waals surface area contributed by atoms with Gasteiger partial charge in [0.15, 0.2) is 0 Å². The molecule has 1 aromatic heterocycles. The maximum atomic E-state index is 12.1. The summed E-state index contributed by atoms with van der Waals surface area (Å²) in [6.45, 7) is 0. The van der Waals surface area contributed by atoms with Crippen molar-refractivity contribution in [2.75, 3.05) is 0 Å². The SMILES string of the molecule is N#CSc1ccc(N=Cc2c(O)n(-c3ccc(Cl)cc3)c(=O)[nH]c2=O)cc1Cl. The molecular weight excluding hydrogens is 423 g/mol. The van der Waals surface area contributed by atoms with Crippen molar-refractivity contribution in [3.05, 3.63) is 78.9 Å². The highest BCUT2D eigenvalue weighted by Gasteiger charge is 2.14. The van der Waals surface area contributed by atoms with Crippen LogP contribution >= 0.6 is 35.0 Å². The van der Waals surface area contributed by atoms with E-state index in [1.54, 1.807) is 24.3 Å². The van der Waals surface area contributed by atoms with E-state index >= 15 is 0 Å². The van der Waals surface area contributed by atoms with E-state index in [0.717, 1.165) is 22.5 Å². The maximum absolute atomic E-state index is 12.1. The lowest BCUT2D eigenvalue weighted by atomic mass is 10.3. The largest absolute Gasteiger partial charge is 0.493 e. The number of thiocyanates is 1. The Labute approximate surface area is 172 Å². The fourth-order valence-electron chi connectivity index (χ4n) is 2.33. The van der Waals surface area contributed by atoms with Gasteiger partial charge in [-0.1, -0.05) is 23.2 Å². The minimum Gasteiger partial charge on any atom is -0.493 e. The zero-order chi connectivity index (χ0) is 20.3. The number of nitrogens with one attached hydrogen (secondary N) is 1. The van der Waals surface area contributed by atoms with Gasteiger partial charge in [-0.05, 0) is 54.2 Å². The third kappa shape index (κ3) is 4.12. The van der Waals surface area contributed by atoms with Crippen molar-refractivity contribution in [3.8, 4) is 17.0 Å². The van der Waals surface area contributed by atoms with Gasteiger partial charge in [0.25, 0.3) is 5.56 Å². The number of aromatic hydroxyl groups is 1. The van der Waals surface area contributed by atoms with Gasteiger partial charge in [-0.25, -0.2) is 9.36 Å². The Bertz CT molecular complexity index is 1230. The number of nitriles is 1. The fraction of sp³-hybridized carbons (Fsp3) is 0. The van der Waals surface area contributed by atoms with Gasteiger partial charge in [0.05, 0.1) is 16.4 Å². The Morgan fingerprint density at radius 3 is 2.54 bits per heavy atom. The van der Waals surface area contributed by atoms with Gasteiger partial charge in [0.2, 0.25) is 5.88 Å². The Kier molecular flexibility index (Phi) is 5.90. The number of halogens is 2. The highest BCUT2D eigenvalue weighted by Crippen LogP contribution is 2.30. The van der Waals surface area contributed by atoms with Gasteiger partial charge in [-0.2, -0.15) is 5.26 Å². The lowest BCUT2D eigenvalue weighted by Gasteiger charge is -2.09. The van der Waals surface area contributed by atoms with Crippen molar-refractivity contribution < 1.29 is 5.11 Å². The van der Waals surface area contributed by atoms with Gasteiger partial charge < -0.3 is 5.11 Å². The fourth-order valence-corrected chi connectivity index (χ4v) is 3.13. The summed E-state index contributed by atoms with van der Waals surface area (Å²) in [5, 5.41) is 21.9. The summed E-state index contributed by atoms with van der Waals surface area (Å²) < 4.78 is 0.929. The number of rotatable bonds is 4. The smallest absolute Gasteiger partial charge is 0.335 e. The normalized spacial score (nSPS) is 10.9. The quantitative estimate of drug-likeness (QED) is 0.369. The second-order valence-corrected chi connectivity index (χ2v) is 7.04. The molecule has 0 aliphatic rings. The third-order valence-electron chi connectivity index (χ3n) is 3.62. The maximum Gasteiger partial charge on any atom is 0.335 e. The van der Waals surface area contributed by atoms with Crippen LogP contribution in [-0.2, 0) is 0 Å². The average Bonchev–Trinajstić information content (AvgIpc) is 2.65.